The summed E-state index contributed by atoms with van der Waals surface area (Å²) in [6.45, 7) is 2.36. The van der Waals surface area contributed by atoms with E-state index in [0.29, 0.717) is 5.56 Å². The van der Waals surface area contributed by atoms with E-state index < -0.39 is 36.2 Å². The van der Waals surface area contributed by atoms with Gasteiger partial charge in [0, 0.05) is 13.8 Å². The first kappa shape index (κ1) is 17.5. The molecular formula is C17H18O7. The van der Waals surface area contributed by atoms with Crippen LogP contribution in [0.5, 0.6) is 0 Å². The van der Waals surface area contributed by atoms with Gasteiger partial charge in [-0.3, -0.25) is 9.59 Å². The summed E-state index contributed by atoms with van der Waals surface area (Å²) in [5.74, 6) is -1.62. The highest BCUT2D eigenvalue weighted by atomic mass is 16.6. The minimum atomic E-state index is -0.917. The third-order valence-electron chi connectivity index (χ3n) is 3.22. The van der Waals surface area contributed by atoms with Crippen LogP contribution < -0.4 is 0 Å². The van der Waals surface area contributed by atoms with Gasteiger partial charge in [-0.25, -0.2) is 4.79 Å². The first-order chi connectivity index (χ1) is 11.5. The van der Waals surface area contributed by atoms with E-state index in [1.54, 1.807) is 30.3 Å². The molecule has 0 spiro atoms. The largest absolute Gasteiger partial charge is 0.491 e. The van der Waals surface area contributed by atoms with E-state index in [1.807, 2.05) is 0 Å². The van der Waals surface area contributed by atoms with Crippen molar-refractivity contribution in [3.63, 3.8) is 0 Å². The van der Waals surface area contributed by atoms with Gasteiger partial charge in [0.25, 0.3) is 0 Å². The zero-order valence-corrected chi connectivity index (χ0v) is 13.3. The van der Waals surface area contributed by atoms with E-state index in [4.69, 9.17) is 18.9 Å². The first-order valence-electron chi connectivity index (χ1n) is 7.36. The number of carbonyl (C=O) groups excluding carboxylic acids is 3. The van der Waals surface area contributed by atoms with Crippen molar-refractivity contribution in [2.24, 2.45) is 0 Å². The van der Waals surface area contributed by atoms with Crippen molar-refractivity contribution in [1.82, 2.24) is 0 Å². The number of rotatable bonds is 5. The minimum Gasteiger partial charge on any atom is -0.491 e. The number of esters is 3. The highest BCUT2D eigenvalue weighted by Crippen LogP contribution is 2.21. The van der Waals surface area contributed by atoms with Gasteiger partial charge in [0.1, 0.15) is 6.61 Å². The number of hydrogen-bond donors (Lipinski definition) is 0. The topological polar surface area (TPSA) is 88.1 Å². The SMILES string of the molecule is CC(=O)OC[C@H]1OC=C[C@@H](OC(=O)c2ccccc2)[C@@H]1OC(C)=O. The Morgan fingerprint density at radius 1 is 1.04 bits per heavy atom. The van der Waals surface area contributed by atoms with Crippen LogP contribution in [0.3, 0.4) is 0 Å². The Bertz CT molecular complexity index is 623. The maximum Gasteiger partial charge on any atom is 0.338 e. The molecule has 128 valence electrons. The van der Waals surface area contributed by atoms with Gasteiger partial charge in [-0.2, -0.15) is 0 Å². The lowest BCUT2D eigenvalue weighted by Gasteiger charge is -2.33. The molecule has 0 aliphatic carbocycles. The third kappa shape index (κ3) is 4.84. The fourth-order valence-electron chi connectivity index (χ4n) is 2.16. The van der Waals surface area contributed by atoms with Gasteiger partial charge < -0.3 is 18.9 Å². The number of benzene rings is 1. The van der Waals surface area contributed by atoms with Gasteiger partial charge in [0.15, 0.2) is 18.3 Å². The molecule has 0 saturated heterocycles. The maximum atomic E-state index is 12.2. The Kier molecular flexibility index (Phi) is 5.95. The quantitative estimate of drug-likeness (QED) is 0.597. The molecule has 0 bridgehead atoms. The first-order valence-corrected chi connectivity index (χ1v) is 7.36. The number of hydrogen-bond acceptors (Lipinski definition) is 7. The summed E-state index contributed by atoms with van der Waals surface area (Å²) in [6, 6.07) is 8.43. The third-order valence-corrected chi connectivity index (χ3v) is 3.22. The molecule has 2 rings (SSSR count). The highest BCUT2D eigenvalue weighted by molar-refractivity contribution is 5.89. The van der Waals surface area contributed by atoms with Crippen LogP contribution in [-0.2, 0) is 28.5 Å². The van der Waals surface area contributed by atoms with Crippen LogP contribution in [0.4, 0.5) is 0 Å². The highest BCUT2D eigenvalue weighted by Gasteiger charge is 2.38. The summed E-state index contributed by atoms with van der Waals surface area (Å²) < 4.78 is 20.8. The molecule has 1 aliphatic rings. The lowest BCUT2D eigenvalue weighted by atomic mass is 10.1. The fourth-order valence-corrected chi connectivity index (χ4v) is 2.16. The summed E-state index contributed by atoms with van der Waals surface area (Å²) >= 11 is 0. The van der Waals surface area contributed by atoms with E-state index in [1.165, 1.54) is 26.2 Å². The predicted octanol–water partition coefficient (Wildman–Crippen LogP) is 1.62. The normalized spacial score (nSPS) is 22.2. The zero-order valence-electron chi connectivity index (χ0n) is 13.3. The Labute approximate surface area is 139 Å². The predicted molar refractivity (Wildman–Crippen MR) is 81.8 cm³/mol. The Morgan fingerprint density at radius 2 is 1.75 bits per heavy atom. The summed E-state index contributed by atoms with van der Waals surface area (Å²) in [5.41, 5.74) is 0.371. The zero-order chi connectivity index (χ0) is 17.5. The van der Waals surface area contributed by atoms with Crippen molar-refractivity contribution in [3.05, 3.63) is 48.2 Å². The van der Waals surface area contributed by atoms with E-state index >= 15 is 0 Å². The molecule has 0 N–H and O–H groups in total. The molecule has 0 fully saturated rings. The van der Waals surface area contributed by atoms with Crippen LogP contribution in [0, 0.1) is 0 Å². The van der Waals surface area contributed by atoms with Crippen molar-refractivity contribution >= 4 is 17.9 Å². The summed E-state index contributed by atoms with van der Waals surface area (Å²) in [5, 5.41) is 0. The van der Waals surface area contributed by atoms with Crippen LogP contribution in [0.25, 0.3) is 0 Å². The second-order valence-corrected chi connectivity index (χ2v) is 5.12. The van der Waals surface area contributed by atoms with Crippen LogP contribution in [0.15, 0.2) is 42.7 Å². The molecule has 1 aromatic carbocycles. The van der Waals surface area contributed by atoms with Crippen molar-refractivity contribution < 1.29 is 33.3 Å². The average Bonchev–Trinajstić information content (AvgIpc) is 2.55. The molecule has 3 atom stereocenters. The van der Waals surface area contributed by atoms with Crippen molar-refractivity contribution in [2.45, 2.75) is 32.2 Å². The molecule has 0 aromatic heterocycles. The van der Waals surface area contributed by atoms with Gasteiger partial charge in [0.05, 0.1) is 11.8 Å². The minimum absolute atomic E-state index is 0.128. The molecule has 0 unspecified atom stereocenters. The van der Waals surface area contributed by atoms with Gasteiger partial charge in [-0.1, -0.05) is 18.2 Å². The molecule has 24 heavy (non-hydrogen) atoms. The lowest BCUT2D eigenvalue weighted by molar-refractivity contribution is -0.169. The van der Waals surface area contributed by atoms with E-state index in [-0.39, 0.29) is 6.61 Å². The van der Waals surface area contributed by atoms with Gasteiger partial charge in [-0.05, 0) is 18.2 Å². The fraction of sp³-hybridized carbons (Fsp3) is 0.353. The van der Waals surface area contributed by atoms with Crippen LogP contribution in [0.2, 0.25) is 0 Å². The lowest BCUT2D eigenvalue weighted by Crippen LogP contribution is -2.47. The molecule has 0 saturated carbocycles. The van der Waals surface area contributed by atoms with Crippen LogP contribution in [0.1, 0.15) is 24.2 Å². The molecule has 0 amide bonds. The second kappa shape index (κ2) is 8.14. The Morgan fingerprint density at radius 3 is 2.38 bits per heavy atom. The second-order valence-electron chi connectivity index (χ2n) is 5.12. The molecule has 1 heterocycles. The van der Waals surface area contributed by atoms with Crippen molar-refractivity contribution in [2.75, 3.05) is 6.61 Å². The van der Waals surface area contributed by atoms with E-state index in [9.17, 15) is 14.4 Å². The summed E-state index contributed by atoms with van der Waals surface area (Å²) in [6.07, 6.45) is 0.266. The van der Waals surface area contributed by atoms with Gasteiger partial charge in [0.2, 0.25) is 0 Å². The van der Waals surface area contributed by atoms with Crippen LogP contribution >= 0.6 is 0 Å². The molecule has 7 nitrogen and oxygen atoms in total. The maximum absolute atomic E-state index is 12.2. The molecular weight excluding hydrogens is 316 g/mol. The number of carbonyl (C=O) groups is 3. The average molecular weight is 334 g/mol. The molecule has 7 heteroatoms. The van der Waals surface area contributed by atoms with Gasteiger partial charge >= 0.3 is 17.9 Å². The van der Waals surface area contributed by atoms with Crippen LogP contribution in [-0.4, -0.2) is 42.8 Å². The van der Waals surface area contributed by atoms with E-state index in [0.717, 1.165) is 0 Å². The molecule has 0 radical (unpaired) electrons. The van der Waals surface area contributed by atoms with E-state index in [2.05, 4.69) is 0 Å². The van der Waals surface area contributed by atoms with Gasteiger partial charge in [-0.15, -0.1) is 0 Å². The standard InChI is InChI=1S/C17H18O7/c1-11(18)22-10-15-16(23-12(2)19)14(8-9-21-15)24-17(20)13-6-4-3-5-7-13/h3-9,14-16H,10H2,1-2H3/t14-,15-,16+/m1/s1. The monoisotopic (exact) mass is 334 g/mol. The molecule has 1 aromatic rings. The summed E-state index contributed by atoms with van der Waals surface area (Å²) in [7, 11) is 0. The van der Waals surface area contributed by atoms with Crippen molar-refractivity contribution in [1.29, 1.82) is 0 Å². The smallest absolute Gasteiger partial charge is 0.338 e. The Hall–Kier alpha value is -2.83. The molecule has 1 aliphatic heterocycles. The summed E-state index contributed by atoms with van der Waals surface area (Å²) in [4.78, 5) is 34.5. The van der Waals surface area contributed by atoms with Crippen molar-refractivity contribution in [3.8, 4) is 0 Å². The Balaban J connectivity index is 2.11. The number of ether oxygens (including phenoxy) is 4.